The molecular weight excluding hydrogens is 232 g/mol. The van der Waals surface area contributed by atoms with E-state index in [-0.39, 0.29) is 0 Å². The number of methoxy groups -OCH3 is 1. The fourth-order valence-corrected chi connectivity index (χ4v) is 1.90. The molecule has 7 nitrogen and oxygen atoms in total. The van der Waals surface area contributed by atoms with Crippen LogP contribution < -0.4 is 5.73 Å². The average Bonchev–Trinajstić information content (AvgIpc) is 2.94. The largest absolute Gasteiger partial charge is 0.383 e. The van der Waals surface area contributed by atoms with Gasteiger partial charge in [-0.1, -0.05) is 0 Å². The lowest BCUT2D eigenvalue weighted by atomic mass is 10.3. The summed E-state index contributed by atoms with van der Waals surface area (Å²) in [6, 6.07) is 3.71. The van der Waals surface area contributed by atoms with Crippen LogP contribution in [0.4, 0.5) is 5.82 Å². The minimum atomic E-state index is 0.387. The SMILES string of the molecule is COCc1nn(-c2ccncc2)c2n[nH]c(N)c12. The molecule has 0 spiro atoms. The zero-order valence-electron chi connectivity index (χ0n) is 9.79. The van der Waals surface area contributed by atoms with Crippen LogP contribution in [0.3, 0.4) is 0 Å². The number of anilines is 1. The summed E-state index contributed by atoms with van der Waals surface area (Å²) in [7, 11) is 1.62. The number of ether oxygens (including phenoxy) is 1. The quantitative estimate of drug-likeness (QED) is 0.713. The van der Waals surface area contributed by atoms with Gasteiger partial charge in [0.15, 0.2) is 5.65 Å². The number of rotatable bonds is 3. The van der Waals surface area contributed by atoms with E-state index in [2.05, 4.69) is 20.3 Å². The number of nitrogen functional groups attached to an aromatic ring is 1. The Kier molecular flexibility index (Phi) is 2.45. The predicted octanol–water partition coefficient (Wildman–Crippen LogP) is 0.872. The van der Waals surface area contributed by atoms with Crippen LogP contribution in [0.5, 0.6) is 0 Å². The molecule has 3 N–H and O–H groups in total. The third kappa shape index (κ3) is 1.52. The summed E-state index contributed by atoms with van der Waals surface area (Å²) >= 11 is 0. The van der Waals surface area contributed by atoms with Gasteiger partial charge in [0.2, 0.25) is 0 Å². The van der Waals surface area contributed by atoms with Crippen LogP contribution in [0.25, 0.3) is 16.7 Å². The van der Waals surface area contributed by atoms with E-state index in [0.29, 0.717) is 18.1 Å². The van der Waals surface area contributed by atoms with Crippen LogP contribution in [-0.2, 0) is 11.3 Å². The average molecular weight is 244 g/mol. The fraction of sp³-hybridized carbons (Fsp3) is 0.182. The monoisotopic (exact) mass is 244 g/mol. The second-order valence-corrected chi connectivity index (χ2v) is 3.83. The maximum atomic E-state index is 5.86. The predicted molar refractivity (Wildman–Crippen MR) is 66.1 cm³/mol. The Morgan fingerprint density at radius 1 is 1.39 bits per heavy atom. The Morgan fingerprint density at radius 2 is 2.17 bits per heavy atom. The topological polar surface area (TPSA) is 94.6 Å². The highest BCUT2D eigenvalue weighted by molar-refractivity contribution is 5.89. The number of H-pyrrole nitrogens is 1. The molecule has 0 atom stereocenters. The van der Waals surface area contributed by atoms with Gasteiger partial charge in [0.1, 0.15) is 11.5 Å². The molecule has 0 aliphatic carbocycles. The van der Waals surface area contributed by atoms with Crippen molar-refractivity contribution in [3.63, 3.8) is 0 Å². The van der Waals surface area contributed by atoms with Gasteiger partial charge < -0.3 is 10.5 Å². The molecule has 3 rings (SSSR count). The zero-order valence-corrected chi connectivity index (χ0v) is 9.79. The summed E-state index contributed by atoms with van der Waals surface area (Å²) in [4.78, 5) is 3.98. The molecule has 18 heavy (non-hydrogen) atoms. The molecule has 0 aliphatic rings. The summed E-state index contributed by atoms with van der Waals surface area (Å²) in [5, 5.41) is 12.2. The van der Waals surface area contributed by atoms with E-state index in [0.717, 1.165) is 16.8 Å². The van der Waals surface area contributed by atoms with E-state index in [9.17, 15) is 0 Å². The van der Waals surface area contributed by atoms with Gasteiger partial charge in [0.25, 0.3) is 0 Å². The Morgan fingerprint density at radius 3 is 2.89 bits per heavy atom. The molecule has 0 aliphatic heterocycles. The van der Waals surface area contributed by atoms with Gasteiger partial charge in [-0.15, -0.1) is 0 Å². The molecule has 0 radical (unpaired) electrons. The van der Waals surface area contributed by atoms with Crippen LogP contribution in [0, 0.1) is 0 Å². The van der Waals surface area contributed by atoms with Crippen molar-refractivity contribution in [1.82, 2.24) is 25.0 Å². The van der Waals surface area contributed by atoms with E-state index in [4.69, 9.17) is 10.5 Å². The molecule has 0 saturated heterocycles. The second kappa shape index (κ2) is 4.11. The molecule has 7 heteroatoms. The Balaban J connectivity index is 2.24. The zero-order chi connectivity index (χ0) is 12.5. The van der Waals surface area contributed by atoms with Crippen LogP contribution >= 0.6 is 0 Å². The highest BCUT2D eigenvalue weighted by Gasteiger charge is 2.17. The van der Waals surface area contributed by atoms with Crippen molar-refractivity contribution in [3.8, 4) is 5.69 Å². The lowest BCUT2D eigenvalue weighted by molar-refractivity contribution is 0.182. The first-order valence-electron chi connectivity index (χ1n) is 5.42. The second-order valence-electron chi connectivity index (χ2n) is 3.83. The van der Waals surface area contributed by atoms with Crippen molar-refractivity contribution in [2.24, 2.45) is 0 Å². The van der Waals surface area contributed by atoms with Crippen molar-refractivity contribution >= 4 is 16.9 Å². The fourth-order valence-electron chi connectivity index (χ4n) is 1.90. The van der Waals surface area contributed by atoms with Crippen LogP contribution in [0.2, 0.25) is 0 Å². The van der Waals surface area contributed by atoms with E-state index in [1.807, 2.05) is 12.1 Å². The van der Waals surface area contributed by atoms with Crippen molar-refractivity contribution in [2.45, 2.75) is 6.61 Å². The normalized spacial score (nSPS) is 11.2. The molecule has 0 amide bonds. The first-order chi connectivity index (χ1) is 8.81. The third-order valence-corrected chi connectivity index (χ3v) is 2.67. The number of fused-ring (bicyclic) bond motifs is 1. The summed E-state index contributed by atoms with van der Waals surface area (Å²) in [5.74, 6) is 0.498. The number of nitrogens with zero attached hydrogens (tertiary/aromatic N) is 4. The minimum absolute atomic E-state index is 0.387. The Bertz CT molecular complexity index is 671. The van der Waals surface area contributed by atoms with Crippen molar-refractivity contribution in [2.75, 3.05) is 12.8 Å². The Labute approximate surface area is 103 Å². The summed E-state index contributed by atoms with van der Waals surface area (Å²) in [6.45, 7) is 0.387. The first kappa shape index (κ1) is 10.7. The van der Waals surface area contributed by atoms with Crippen molar-refractivity contribution in [3.05, 3.63) is 30.2 Å². The number of aromatic amines is 1. The van der Waals surface area contributed by atoms with Crippen LogP contribution in [0.15, 0.2) is 24.5 Å². The number of hydrogen-bond acceptors (Lipinski definition) is 5. The summed E-state index contributed by atoms with van der Waals surface area (Å²) in [5.41, 5.74) is 8.18. The minimum Gasteiger partial charge on any atom is -0.383 e. The van der Waals surface area contributed by atoms with Gasteiger partial charge in [0.05, 0.1) is 17.7 Å². The molecule has 0 fully saturated rings. The van der Waals surface area contributed by atoms with Crippen molar-refractivity contribution < 1.29 is 4.74 Å². The molecular formula is C11H12N6O. The molecule has 0 unspecified atom stereocenters. The lowest BCUT2D eigenvalue weighted by Gasteiger charge is -1.99. The number of nitrogens with one attached hydrogen (secondary N) is 1. The smallest absolute Gasteiger partial charge is 0.186 e. The van der Waals surface area contributed by atoms with Gasteiger partial charge in [-0.25, -0.2) is 4.68 Å². The van der Waals surface area contributed by atoms with Crippen LogP contribution in [0.1, 0.15) is 5.69 Å². The highest BCUT2D eigenvalue weighted by Crippen LogP contribution is 2.24. The number of hydrogen-bond donors (Lipinski definition) is 2. The van der Waals surface area contributed by atoms with Gasteiger partial charge in [0, 0.05) is 19.5 Å². The summed E-state index contributed by atoms with van der Waals surface area (Å²) < 4.78 is 6.84. The molecule has 3 heterocycles. The van der Waals surface area contributed by atoms with E-state index < -0.39 is 0 Å². The molecule has 3 aromatic heterocycles. The number of nitrogens with two attached hydrogens (primary N) is 1. The van der Waals surface area contributed by atoms with Crippen molar-refractivity contribution in [1.29, 1.82) is 0 Å². The molecule has 0 aromatic carbocycles. The van der Waals surface area contributed by atoms with Crippen LogP contribution in [-0.4, -0.2) is 32.1 Å². The number of pyridine rings is 1. The molecule has 0 bridgehead atoms. The van der Waals surface area contributed by atoms with Gasteiger partial charge >= 0.3 is 0 Å². The van der Waals surface area contributed by atoms with Gasteiger partial charge in [-0.2, -0.15) is 10.2 Å². The molecule has 92 valence electrons. The summed E-state index contributed by atoms with van der Waals surface area (Å²) in [6.07, 6.45) is 3.41. The maximum Gasteiger partial charge on any atom is 0.186 e. The van der Waals surface area contributed by atoms with E-state index >= 15 is 0 Å². The van der Waals surface area contributed by atoms with Gasteiger partial charge in [-0.05, 0) is 12.1 Å². The highest BCUT2D eigenvalue weighted by atomic mass is 16.5. The lowest BCUT2D eigenvalue weighted by Crippen LogP contribution is -1.99. The Hall–Kier alpha value is -2.41. The molecule has 0 saturated carbocycles. The van der Waals surface area contributed by atoms with Gasteiger partial charge in [-0.3, -0.25) is 10.1 Å². The van der Waals surface area contributed by atoms with E-state index in [1.54, 1.807) is 24.2 Å². The first-order valence-corrected chi connectivity index (χ1v) is 5.42. The van der Waals surface area contributed by atoms with E-state index in [1.165, 1.54) is 0 Å². The number of aromatic nitrogens is 5. The molecule has 3 aromatic rings. The maximum absolute atomic E-state index is 5.86. The standard InChI is InChI=1S/C11H12N6O/c1-18-6-8-9-10(12)14-15-11(9)17(16-8)7-2-4-13-5-3-7/h2-5H,6H2,1H3,(H3,12,14,15). The third-order valence-electron chi connectivity index (χ3n) is 2.67.